The molecule has 0 saturated heterocycles. The molecule has 0 aromatic carbocycles. The van der Waals surface area contributed by atoms with Crippen LogP contribution in [0, 0.1) is 6.92 Å². The van der Waals surface area contributed by atoms with E-state index in [0.29, 0.717) is 18.0 Å². The normalized spacial score (nSPS) is 10.9. The number of aromatic nitrogens is 3. The van der Waals surface area contributed by atoms with Gasteiger partial charge in [-0.05, 0) is 25.0 Å². The minimum atomic E-state index is -0.0455. The van der Waals surface area contributed by atoms with Crippen LogP contribution in [0.2, 0.25) is 0 Å². The lowest BCUT2D eigenvalue weighted by Gasteiger charge is -2.07. The van der Waals surface area contributed by atoms with Crippen LogP contribution in [0.1, 0.15) is 24.7 Å². The van der Waals surface area contributed by atoms with Gasteiger partial charge in [0.2, 0.25) is 5.91 Å². The molecule has 1 N–H and O–H groups in total. The van der Waals surface area contributed by atoms with Gasteiger partial charge in [0.05, 0.1) is 5.88 Å². The number of pyridine rings is 1. The first-order valence-corrected chi connectivity index (χ1v) is 6.84. The van der Waals surface area contributed by atoms with Gasteiger partial charge in [0.25, 0.3) is 0 Å². The van der Waals surface area contributed by atoms with E-state index in [0.717, 1.165) is 17.5 Å². The molecule has 5 nitrogen and oxygen atoms in total. The summed E-state index contributed by atoms with van der Waals surface area (Å²) in [5.41, 5.74) is 2.55. The molecule has 2 heterocycles. The van der Waals surface area contributed by atoms with Crippen molar-refractivity contribution in [2.75, 3.05) is 6.54 Å². The smallest absolute Gasteiger partial charge is 0.240 e. The van der Waals surface area contributed by atoms with Crippen molar-refractivity contribution in [3.05, 3.63) is 23.7 Å². The lowest BCUT2D eigenvalue weighted by atomic mass is 10.3. The van der Waals surface area contributed by atoms with Crippen LogP contribution in [0.3, 0.4) is 0 Å². The van der Waals surface area contributed by atoms with Crippen LogP contribution in [0.25, 0.3) is 11.2 Å². The molecule has 0 aliphatic carbocycles. The summed E-state index contributed by atoms with van der Waals surface area (Å²) in [5, 5.41) is 2.84. The number of nitrogens with one attached hydrogen (secondary N) is 1. The number of fused-ring (bicyclic) bond motifs is 1. The van der Waals surface area contributed by atoms with E-state index >= 15 is 0 Å². The lowest BCUT2D eigenvalue weighted by Crippen LogP contribution is -2.28. The second-order valence-electron chi connectivity index (χ2n) is 4.40. The SMILES string of the molecule is CCCNC(=O)Cn1c(CCl)nc2c(C)ccnc21. The van der Waals surface area contributed by atoms with E-state index in [1.54, 1.807) is 10.8 Å². The molecule has 2 aromatic rings. The first kappa shape index (κ1) is 13.8. The Bertz CT molecular complexity index is 594. The highest BCUT2D eigenvalue weighted by atomic mass is 35.5. The van der Waals surface area contributed by atoms with Crippen LogP contribution in [0.4, 0.5) is 0 Å². The van der Waals surface area contributed by atoms with E-state index in [4.69, 9.17) is 11.6 Å². The Balaban J connectivity index is 2.35. The Morgan fingerprint density at radius 1 is 1.53 bits per heavy atom. The summed E-state index contributed by atoms with van der Waals surface area (Å²) in [6.45, 7) is 4.86. The Labute approximate surface area is 117 Å². The van der Waals surface area contributed by atoms with Gasteiger partial charge in [0, 0.05) is 12.7 Å². The molecule has 0 fully saturated rings. The van der Waals surface area contributed by atoms with Crippen LogP contribution < -0.4 is 5.32 Å². The highest BCUT2D eigenvalue weighted by Gasteiger charge is 2.14. The molecule has 2 rings (SSSR count). The quantitative estimate of drug-likeness (QED) is 0.852. The number of carbonyl (C=O) groups is 1. The summed E-state index contributed by atoms with van der Waals surface area (Å²) in [6, 6.07) is 1.90. The maximum absolute atomic E-state index is 11.8. The molecule has 0 atom stereocenters. The Hall–Kier alpha value is -1.62. The molecule has 6 heteroatoms. The number of alkyl halides is 1. The van der Waals surface area contributed by atoms with Crippen molar-refractivity contribution in [1.29, 1.82) is 0 Å². The summed E-state index contributed by atoms with van der Waals surface area (Å²) in [4.78, 5) is 20.6. The van der Waals surface area contributed by atoms with Gasteiger partial charge in [-0.2, -0.15) is 0 Å². The fourth-order valence-electron chi connectivity index (χ4n) is 1.92. The standard InChI is InChI=1S/C13H17ClN4O/c1-3-5-15-11(19)8-18-10(7-14)17-12-9(2)4-6-16-13(12)18/h4,6H,3,5,7-8H2,1-2H3,(H,15,19). The molecule has 102 valence electrons. The number of hydrogen-bond donors (Lipinski definition) is 1. The summed E-state index contributed by atoms with van der Waals surface area (Å²) in [6.07, 6.45) is 2.63. The zero-order valence-electron chi connectivity index (χ0n) is 11.1. The van der Waals surface area contributed by atoms with Crippen molar-refractivity contribution >= 4 is 28.7 Å². The average Bonchev–Trinajstić information content (AvgIpc) is 2.76. The van der Waals surface area contributed by atoms with Crippen LogP contribution in [0.15, 0.2) is 12.3 Å². The van der Waals surface area contributed by atoms with Gasteiger partial charge in [-0.15, -0.1) is 11.6 Å². The van der Waals surface area contributed by atoms with E-state index in [-0.39, 0.29) is 18.3 Å². The highest BCUT2D eigenvalue weighted by Crippen LogP contribution is 2.18. The van der Waals surface area contributed by atoms with E-state index in [9.17, 15) is 4.79 Å². The van der Waals surface area contributed by atoms with Crippen LogP contribution in [-0.4, -0.2) is 27.0 Å². The summed E-state index contributed by atoms with van der Waals surface area (Å²) in [5.74, 6) is 0.887. The number of amides is 1. The van der Waals surface area contributed by atoms with Gasteiger partial charge in [0.15, 0.2) is 5.65 Å². The van der Waals surface area contributed by atoms with Crippen LogP contribution in [0.5, 0.6) is 0 Å². The van der Waals surface area contributed by atoms with Crippen molar-refractivity contribution in [3.63, 3.8) is 0 Å². The number of aryl methyl sites for hydroxylation is 1. The Morgan fingerprint density at radius 2 is 2.32 bits per heavy atom. The predicted molar refractivity (Wildman–Crippen MR) is 75.1 cm³/mol. The predicted octanol–water partition coefficient (Wildman–Crippen LogP) is 2.00. The molecule has 0 radical (unpaired) electrons. The van der Waals surface area contributed by atoms with Crippen LogP contribution >= 0.6 is 11.6 Å². The second-order valence-corrected chi connectivity index (χ2v) is 4.67. The number of hydrogen-bond acceptors (Lipinski definition) is 3. The third-order valence-electron chi connectivity index (χ3n) is 2.91. The first-order chi connectivity index (χ1) is 9.17. The number of halogens is 1. The maximum Gasteiger partial charge on any atom is 0.240 e. The number of nitrogens with zero attached hydrogens (tertiary/aromatic N) is 3. The fourth-order valence-corrected chi connectivity index (χ4v) is 2.12. The highest BCUT2D eigenvalue weighted by molar-refractivity contribution is 6.16. The topological polar surface area (TPSA) is 59.8 Å². The van der Waals surface area contributed by atoms with Gasteiger partial charge < -0.3 is 9.88 Å². The third kappa shape index (κ3) is 2.87. The summed E-state index contributed by atoms with van der Waals surface area (Å²) < 4.78 is 1.78. The molecule has 19 heavy (non-hydrogen) atoms. The van der Waals surface area contributed by atoms with Crippen molar-refractivity contribution in [2.45, 2.75) is 32.7 Å². The molecule has 0 unspecified atom stereocenters. The largest absolute Gasteiger partial charge is 0.355 e. The average molecular weight is 281 g/mol. The third-order valence-corrected chi connectivity index (χ3v) is 3.15. The van der Waals surface area contributed by atoms with Gasteiger partial charge in [0.1, 0.15) is 17.9 Å². The first-order valence-electron chi connectivity index (χ1n) is 6.30. The Kier molecular flexibility index (Phi) is 4.37. The maximum atomic E-state index is 11.8. The molecule has 0 aliphatic rings. The van der Waals surface area contributed by atoms with E-state index < -0.39 is 0 Å². The fraction of sp³-hybridized carbons (Fsp3) is 0.462. The molecule has 2 aromatic heterocycles. The van der Waals surface area contributed by atoms with Gasteiger partial charge in [-0.25, -0.2) is 9.97 Å². The molecule has 0 spiro atoms. The monoisotopic (exact) mass is 280 g/mol. The van der Waals surface area contributed by atoms with Gasteiger partial charge in [-0.3, -0.25) is 4.79 Å². The Morgan fingerprint density at radius 3 is 3.00 bits per heavy atom. The molecule has 0 saturated carbocycles. The van der Waals surface area contributed by atoms with E-state index in [1.807, 2.05) is 19.9 Å². The lowest BCUT2D eigenvalue weighted by molar-refractivity contribution is -0.121. The minimum Gasteiger partial charge on any atom is -0.355 e. The molecular formula is C13H17ClN4O. The number of carbonyl (C=O) groups excluding carboxylic acids is 1. The van der Waals surface area contributed by atoms with Gasteiger partial charge in [-0.1, -0.05) is 6.92 Å². The summed E-state index contributed by atoms with van der Waals surface area (Å²) >= 11 is 5.90. The van der Waals surface area contributed by atoms with Crippen molar-refractivity contribution < 1.29 is 4.79 Å². The number of imidazole rings is 1. The minimum absolute atomic E-state index is 0.0455. The second kappa shape index (κ2) is 6.02. The zero-order chi connectivity index (χ0) is 13.8. The summed E-state index contributed by atoms with van der Waals surface area (Å²) in [7, 11) is 0. The van der Waals surface area contributed by atoms with E-state index in [2.05, 4.69) is 15.3 Å². The molecule has 0 bridgehead atoms. The van der Waals surface area contributed by atoms with Crippen molar-refractivity contribution in [1.82, 2.24) is 19.9 Å². The van der Waals surface area contributed by atoms with Gasteiger partial charge >= 0.3 is 0 Å². The molecule has 1 amide bonds. The molecule has 0 aliphatic heterocycles. The van der Waals surface area contributed by atoms with Crippen molar-refractivity contribution in [2.24, 2.45) is 0 Å². The molecular weight excluding hydrogens is 264 g/mol. The van der Waals surface area contributed by atoms with E-state index in [1.165, 1.54) is 0 Å². The zero-order valence-corrected chi connectivity index (χ0v) is 11.9. The van der Waals surface area contributed by atoms with Crippen LogP contribution in [-0.2, 0) is 17.2 Å². The number of rotatable bonds is 5. The van der Waals surface area contributed by atoms with Crippen molar-refractivity contribution in [3.8, 4) is 0 Å².